The van der Waals surface area contributed by atoms with Crippen molar-refractivity contribution in [2.75, 3.05) is 0 Å². The normalized spacial score (nSPS) is 42.2. The van der Waals surface area contributed by atoms with E-state index >= 15 is 0 Å². The summed E-state index contributed by atoms with van der Waals surface area (Å²) in [6.45, 7) is 7.39. The van der Waals surface area contributed by atoms with Crippen LogP contribution < -0.4 is 5.56 Å². The van der Waals surface area contributed by atoms with Gasteiger partial charge in [0, 0.05) is 6.42 Å². The number of hydrogen-bond donors (Lipinski definition) is 3. The van der Waals surface area contributed by atoms with E-state index in [1.54, 1.807) is 6.07 Å². The molecule has 0 bridgehead atoms. The molecule has 4 aliphatic rings. The van der Waals surface area contributed by atoms with Crippen LogP contribution in [0.3, 0.4) is 0 Å². The fourth-order valence-electron chi connectivity index (χ4n) is 10.1. The third-order valence-electron chi connectivity index (χ3n) is 12.0. The van der Waals surface area contributed by atoms with Gasteiger partial charge < -0.3 is 15.2 Å². The number of aliphatic hydroxyl groups is 2. The smallest absolute Gasteiger partial charge is 0.260 e. The van der Waals surface area contributed by atoms with Crippen LogP contribution in [0.1, 0.15) is 84.4 Å². The fourth-order valence-corrected chi connectivity index (χ4v) is 10.3. The van der Waals surface area contributed by atoms with Gasteiger partial charge in [0.1, 0.15) is 5.82 Å². The first-order valence-electron chi connectivity index (χ1n) is 14.7. The molecule has 202 valence electrons. The van der Waals surface area contributed by atoms with Gasteiger partial charge >= 0.3 is 0 Å². The Morgan fingerprint density at radius 2 is 1.84 bits per heavy atom. The largest absolute Gasteiger partial charge is 0.393 e. The molecule has 4 fully saturated rings. The summed E-state index contributed by atoms with van der Waals surface area (Å²) >= 11 is 6.23. The number of aromatic nitrogens is 2. The number of H-pyrrole nitrogens is 1. The molecule has 5 nitrogen and oxygen atoms in total. The lowest BCUT2D eigenvalue weighted by Crippen LogP contribution is -2.58. The number of hydrogen-bond acceptors (Lipinski definition) is 4. The average Bonchev–Trinajstić information content (AvgIpc) is 3.21. The second-order valence-corrected chi connectivity index (χ2v) is 14.0. The van der Waals surface area contributed by atoms with E-state index in [9.17, 15) is 15.0 Å². The number of nitrogens with zero attached hydrogens (tertiary/aromatic N) is 1. The van der Waals surface area contributed by atoms with Crippen molar-refractivity contribution in [1.82, 2.24) is 9.97 Å². The van der Waals surface area contributed by atoms with E-state index in [0.717, 1.165) is 44.3 Å². The van der Waals surface area contributed by atoms with Crippen LogP contribution >= 0.6 is 11.6 Å². The lowest BCUT2D eigenvalue weighted by molar-refractivity contribution is -0.174. The standard InChI is InChI=1S/C31H43ClN2O3/c1-17(7-10-26-33-24-6-4-5-23(32)28(24)29(37)34-26)20-8-9-21-27-22(12-14-31(20,21)3)30(2)13-11-19(35)15-18(30)16-25(27)36/h4-6,17-22,25,27,35-36H,7-16H2,1-3H3,(H,33,34,37)/t17-,18+,19-,20-,21+,22?,25+,27+,30+,31-/m1/s1. The summed E-state index contributed by atoms with van der Waals surface area (Å²) in [4.78, 5) is 20.3. The molecule has 1 heterocycles. The average molecular weight is 527 g/mol. The van der Waals surface area contributed by atoms with Crippen molar-refractivity contribution in [2.45, 2.75) is 97.2 Å². The van der Waals surface area contributed by atoms with E-state index in [1.165, 1.54) is 25.7 Å². The zero-order valence-corrected chi connectivity index (χ0v) is 23.3. The molecular weight excluding hydrogens is 484 g/mol. The first-order valence-corrected chi connectivity index (χ1v) is 15.0. The van der Waals surface area contributed by atoms with Crippen molar-refractivity contribution in [1.29, 1.82) is 0 Å². The maximum absolute atomic E-state index is 12.7. The van der Waals surface area contributed by atoms with Gasteiger partial charge in [0.25, 0.3) is 5.56 Å². The van der Waals surface area contributed by atoms with Crippen molar-refractivity contribution >= 4 is 22.5 Å². The topological polar surface area (TPSA) is 86.2 Å². The molecule has 1 aromatic carbocycles. The van der Waals surface area contributed by atoms with Gasteiger partial charge in [-0.3, -0.25) is 4.79 Å². The van der Waals surface area contributed by atoms with E-state index in [0.29, 0.717) is 51.4 Å². The number of rotatable bonds is 4. The van der Waals surface area contributed by atoms with Crippen LogP contribution in [0.5, 0.6) is 0 Å². The maximum atomic E-state index is 12.7. The summed E-state index contributed by atoms with van der Waals surface area (Å²) in [6.07, 6.45) is 10.0. The van der Waals surface area contributed by atoms with Crippen LogP contribution in [0, 0.1) is 46.3 Å². The SMILES string of the molecule is C[C@H](CCc1nc2cccc(Cl)c2c(=O)[nH]1)[C@H]1CC[C@H]2[C@H]3C(CC[C@]12C)[C@@]1(C)CC[C@@H](O)C[C@H]1C[C@@H]3O. The summed E-state index contributed by atoms with van der Waals surface area (Å²) in [5, 5.41) is 22.7. The maximum Gasteiger partial charge on any atom is 0.260 e. The van der Waals surface area contributed by atoms with Crippen LogP contribution in [-0.2, 0) is 6.42 Å². The predicted molar refractivity (Wildman–Crippen MR) is 147 cm³/mol. The number of aliphatic hydroxyl groups excluding tert-OH is 2. The van der Waals surface area contributed by atoms with Crippen molar-refractivity contribution in [3.8, 4) is 0 Å². The third-order valence-corrected chi connectivity index (χ3v) is 12.3. The molecule has 0 amide bonds. The van der Waals surface area contributed by atoms with Gasteiger partial charge in [-0.25, -0.2) is 4.98 Å². The van der Waals surface area contributed by atoms with E-state index < -0.39 is 0 Å². The number of aromatic amines is 1. The Bertz CT molecular complexity index is 1230. The number of benzene rings is 1. The highest BCUT2D eigenvalue weighted by atomic mass is 35.5. The molecule has 0 aliphatic heterocycles. The van der Waals surface area contributed by atoms with Crippen molar-refractivity contribution < 1.29 is 10.2 Å². The highest BCUT2D eigenvalue weighted by Gasteiger charge is 2.62. The van der Waals surface area contributed by atoms with Gasteiger partial charge in [0.2, 0.25) is 0 Å². The van der Waals surface area contributed by atoms with Gasteiger partial charge in [-0.2, -0.15) is 0 Å². The quantitative estimate of drug-likeness (QED) is 0.447. The van der Waals surface area contributed by atoms with Gasteiger partial charge in [0.05, 0.1) is 28.1 Å². The summed E-state index contributed by atoms with van der Waals surface area (Å²) in [7, 11) is 0. The molecule has 1 unspecified atom stereocenters. The highest BCUT2D eigenvalue weighted by molar-refractivity contribution is 6.35. The highest BCUT2D eigenvalue weighted by Crippen LogP contribution is 2.68. The molecule has 0 radical (unpaired) electrons. The zero-order valence-electron chi connectivity index (χ0n) is 22.5. The minimum absolute atomic E-state index is 0.155. The minimum Gasteiger partial charge on any atom is -0.393 e. The number of halogens is 1. The molecule has 3 N–H and O–H groups in total. The van der Waals surface area contributed by atoms with Crippen molar-refractivity contribution in [3.05, 3.63) is 39.4 Å². The van der Waals surface area contributed by atoms with E-state index in [2.05, 4.69) is 25.8 Å². The van der Waals surface area contributed by atoms with Crippen molar-refractivity contribution in [3.63, 3.8) is 0 Å². The summed E-state index contributed by atoms with van der Waals surface area (Å²) < 4.78 is 0. The first kappa shape index (κ1) is 25.8. The Morgan fingerprint density at radius 3 is 2.65 bits per heavy atom. The molecule has 10 atom stereocenters. The first-order chi connectivity index (χ1) is 17.6. The van der Waals surface area contributed by atoms with Gasteiger partial charge in [-0.05, 0) is 116 Å². The molecule has 4 saturated carbocycles. The van der Waals surface area contributed by atoms with Crippen LogP contribution in [0.2, 0.25) is 5.02 Å². The van der Waals surface area contributed by atoms with Gasteiger partial charge in [-0.1, -0.05) is 38.4 Å². The Balaban J connectivity index is 1.18. The molecular formula is C31H43ClN2O3. The second kappa shape index (κ2) is 9.34. The Kier molecular flexibility index (Phi) is 6.52. The Labute approximate surface area is 225 Å². The lowest BCUT2D eigenvalue weighted by atomic mass is 9.43. The Hall–Kier alpha value is -1.43. The summed E-state index contributed by atoms with van der Waals surface area (Å²) in [6, 6.07) is 5.44. The minimum atomic E-state index is -0.231. The van der Waals surface area contributed by atoms with Crippen LogP contribution in [0.25, 0.3) is 10.9 Å². The van der Waals surface area contributed by atoms with Crippen molar-refractivity contribution in [2.24, 2.45) is 46.3 Å². The molecule has 6 heteroatoms. The Morgan fingerprint density at radius 1 is 1.08 bits per heavy atom. The number of fused-ring (bicyclic) bond motifs is 6. The van der Waals surface area contributed by atoms with E-state index in [-0.39, 0.29) is 28.6 Å². The van der Waals surface area contributed by atoms with Crippen LogP contribution in [0.15, 0.2) is 23.0 Å². The summed E-state index contributed by atoms with van der Waals surface area (Å²) in [5.74, 6) is 3.93. The monoisotopic (exact) mass is 526 g/mol. The number of aryl methyl sites for hydroxylation is 1. The molecule has 4 aliphatic carbocycles. The predicted octanol–water partition coefficient (Wildman–Crippen LogP) is 6.14. The molecule has 0 spiro atoms. The van der Waals surface area contributed by atoms with Crippen LogP contribution in [-0.4, -0.2) is 32.4 Å². The van der Waals surface area contributed by atoms with E-state index in [4.69, 9.17) is 16.6 Å². The molecule has 1 aromatic heterocycles. The molecule has 6 rings (SSSR count). The molecule has 37 heavy (non-hydrogen) atoms. The van der Waals surface area contributed by atoms with E-state index in [1.807, 2.05) is 12.1 Å². The lowest BCUT2D eigenvalue weighted by Gasteiger charge is -2.62. The molecule has 2 aromatic rings. The fraction of sp³-hybridized carbons (Fsp3) is 0.742. The zero-order chi connectivity index (χ0) is 26.1. The third kappa shape index (κ3) is 4.10. The van der Waals surface area contributed by atoms with Crippen LogP contribution in [0.4, 0.5) is 0 Å². The van der Waals surface area contributed by atoms with Gasteiger partial charge in [0.15, 0.2) is 0 Å². The second-order valence-electron chi connectivity index (χ2n) is 13.6. The number of nitrogens with one attached hydrogen (secondary N) is 1. The molecule has 0 saturated heterocycles. The van der Waals surface area contributed by atoms with Gasteiger partial charge in [-0.15, -0.1) is 0 Å². The summed E-state index contributed by atoms with van der Waals surface area (Å²) in [5.41, 5.74) is 1.04.